The van der Waals surface area contributed by atoms with E-state index < -0.39 is 10.4 Å². The van der Waals surface area contributed by atoms with Crippen molar-refractivity contribution in [1.29, 1.82) is 0 Å². The van der Waals surface area contributed by atoms with E-state index in [-0.39, 0.29) is 0 Å². The predicted molar refractivity (Wildman–Crippen MR) is 92.1 cm³/mol. The van der Waals surface area contributed by atoms with Gasteiger partial charge >= 0.3 is 10.4 Å². The lowest BCUT2D eigenvalue weighted by atomic mass is 9.79. The average molecular weight is 367 g/mol. The second-order valence-electron chi connectivity index (χ2n) is 6.02. The number of H-pyrrole nitrogens is 1. The molecule has 0 radical (unpaired) electrons. The van der Waals surface area contributed by atoms with E-state index in [1.165, 1.54) is 22.3 Å². The second-order valence-corrected chi connectivity index (χ2v) is 6.92. The minimum atomic E-state index is -4.67. The van der Waals surface area contributed by atoms with Crippen molar-refractivity contribution in [2.24, 2.45) is 0 Å². The number of hydrogen-bond acceptors (Lipinski definition) is 5. The molecule has 2 aliphatic rings. The van der Waals surface area contributed by atoms with E-state index in [1.807, 2.05) is 6.20 Å². The van der Waals surface area contributed by atoms with Crippen LogP contribution < -0.4 is 4.74 Å². The highest BCUT2D eigenvalue weighted by Crippen LogP contribution is 2.48. The van der Waals surface area contributed by atoms with E-state index in [9.17, 15) is 0 Å². The molecule has 1 aromatic carbocycles. The molecule has 136 valence electrons. The summed E-state index contributed by atoms with van der Waals surface area (Å²) in [7, 11) is -2.92. The number of rotatable bonds is 2. The molecule has 0 fully saturated rings. The third-order valence-corrected chi connectivity index (χ3v) is 4.74. The highest BCUT2D eigenvalue weighted by Gasteiger charge is 2.36. The zero-order valence-electron chi connectivity index (χ0n) is 14.1. The molecule has 3 N–H and O–H groups in total. The highest BCUT2D eigenvalue weighted by atomic mass is 32.3. The first-order chi connectivity index (χ1) is 11.8. The van der Waals surface area contributed by atoms with E-state index in [0.717, 1.165) is 37.4 Å². The van der Waals surface area contributed by atoms with Crippen molar-refractivity contribution in [3.63, 3.8) is 0 Å². The van der Waals surface area contributed by atoms with E-state index in [2.05, 4.69) is 34.2 Å². The van der Waals surface area contributed by atoms with E-state index >= 15 is 0 Å². The van der Waals surface area contributed by atoms with Crippen LogP contribution in [0.2, 0.25) is 0 Å². The van der Waals surface area contributed by atoms with Gasteiger partial charge in [-0.05, 0) is 42.1 Å². The highest BCUT2D eigenvalue weighted by molar-refractivity contribution is 7.79. The van der Waals surface area contributed by atoms with Crippen molar-refractivity contribution in [1.82, 2.24) is 15.1 Å². The van der Waals surface area contributed by atoms with Crippen molar-refractivity contribution in [2.45, 2.75) is 25.8 Å². The van der Waals surface area contributed by atoms with Crippen molar-refractivity contribution in [2.75, 3.05) is 20.2 Å². The molecule has 1 atom stereocenters. The molecule has 2 heterocycles. The lowest BCUT2D eigenvalue weighted by Gasteiger charge is -2.40. The van der Waals surface area contributed by atoms with E-state index in [4.69, 9.17) is 22.3 Å². The van der Waals surface area contributed by atoms with Gasteiger partial charge in [0.25, 0.3) is 0 Å². The molecule has 0 saturated carbocycles. The number of likely N-dealkylation sites (N-methyl/N-ethyl adjacent to an activating group) is 1. The first-order valence-electron chi connectivity index (χ1n) is 8.00. The number of ether oxygens (including phenoxy) is 1. The molecule has 0 saturated heterocycles. The summed E-state index contributed by atoms with van der Waals surface area (Å²) < 4.78 is 37.2. The Balaban J connectivity index is 0.000000324. The lowest BCUT2D eigenvalue weighted by Crippen LogP contribution is -2.38. The average Bonchev–Trinajstić information content (AvgIpc) is 3.02. The Morgan fingerprint density at radius 3 is 2.72 bits per heavy atom. The number of aromatic nitrogens is 2. The Morgan fingerprint density at radius 2 is 2.08 bits per heavy atom. The van der Waals surface area contributed by atoms with E-state index in [0.29, 0.717) is 6.04 Å². The molecule has 1 aliphatic carbocycles. The number of fused-ring (bicyclic) bond motifs is 2. The van der Waals surface area contributed by atoms with Crippen LogP contribution in [0.25, 0.3) is 11.3 Å². The summed E-state index contributed by atoms with van der Waals surface area (Å²) >= 11 is 0. The van der Waals surface area contributed by atoms with Crippen LogP contribution in [0.3, 0.4) is 0 Å². The van der Waals surface area contributed by atoms with Crippen molar-refractivity contribution >= 4 is 10.4 Å². The zero-order chi connectivity index (χ0) is 18.2. The van der Waals surface area contributed by atoms with Crippen LogP contribution in [0.15, 0.2) is 18.3 Å². The third kappa shape index (κ3) is 3.54. The molecular weight excluding hydrogens is 346 g/mol. The van der Waals surface area contributed by atoms with Gasteiger partial charge in [-0.3, -0.25) is 19.1 Å². The molecule has 1 unspecified atom stereocenters. The standard InChI is InChI=1S/C16H19N3O.H2O4S/c1-3-19-7-6-10-4-5-13(20-2)15-14(10)12(19)8-11-9-17-18-16(11)15;1-5(2,3)4/h4-5,9,12H,3,6-8H2,1-2H3,(H,17,18);(H2,1,2,3,4). The van der Waals surface area contributed by atoms with Gasteiger partial charge in [-0.15, -0.1) is 0 Å². The number of nitrogens with one attached hydrogen (secondary N) is 1. The fourth-order valence-corrected chi connectivity index (χ4v) is 3.76. The topological polar surface area (TPSA) is 116 Å². The van der Waals surface area contributed by atoms with Gasteiger partial charge in [-0.25, -0.2) is 0 Å². The van der Waals surface area contributed by atoms with Gasteiger partial charge in [0.15, 0.2) is 0 Å². The maximum atomic E-state index is 8.74. The molecule has 8 nitrogen and oxygen atoms in total. The minimum Gasteiger partial charge on any atom is -0.496 e. The van der Waals surface area contributed by atoms with Crippen LogP contribution >= 0.6 is 0 Å². The molecule has 1 aromatic heterocycles. The molecule has 9 heteroatoms. The Morgan fingerprint density at radius 1 is 1.36 bits per heavy atom. The van der Waals surface area contributed by atoms with Crippen LogP contribution in [0.1, 0.15) is 29.7 Å². The molecule has 2 aromatic rings. The quantitative estimate of drug-likeness (QED) is 0.694. The fraction of sp³-hybridized carbons (Fsp3) is 0.438. The summed E-state index contributed by atoms with van der Waals surface area (Å²) in [4.78, 5) is 2.57. The fourth-order valence-electron chi connectivity index (χ4n) is 3.76. The maximum Gasteiger partial charge on any atom is 0.394 e. The van der Waals surface area contributed by atoms with Gasteiger partial charge in [0.2, 0.25) is 0 Å². The lowest BCUT2D eigenvalue weighted by molar-refractivity contribution is 0.192. The Kier molecular flexibility index (Phi) is 4.83. The van der Waals surface area contributed by atoms with E-state index in [1.54, 1.807) is 7.11 Å². The number of methoxy groups -OCH3 is 1. The monoisotopic (exact) mass is 367 g/mol. The smallest absolute Gasteiger partial charge is 0.394 e. The van der Waals surface area contributed by atoms with Gasteiger partial charge in [0, 0.05) is 24.3 Å². The Labute approximate surface area is 146 Å². The molecule has 0 bridgehead atoms. The summed E-state index contributed by atoms with van der Waals surface area (Å²) in [5.41, 5.74) is 6.49. The normalized spacial score (nSPS) is 18.6. The predicted octanol–water partition coefficient (Wildman–Crippen LogP) is 1.91. The summed E-state index contributed by atoms with van der Waals surface area (Å²) in [5, 5.41) is 7.49. The van der Waals surface area contributed by atoms with Crippen molar-refractivity contribution in [3.05, 3.63) is 35.0 Å². The molecule has 0 spiro atoms. The molecular formula is C16H21N3O5S. The molecule has 4 rings (SSSR count). The number of hydrogen-bond donors (Lipinski definition) is 3. The van der Waals surface area contributed by atoms with Gasteiger partial charge < -0.3 is 4.74 Å². The largest absolute Gasteiger partial charge is 0.496 e. The first-order valence-corrected chi connectivity index (χ1v) is 9.39. The van der Waals surface area contributed by atoms with Gasteiger partial charge in [-0.2, -0.15) is 13.5 Å². The van der Waals surface area contributed by atoms with Crippen LogP contribution in [0.5, 0.6) is 5.75 Å². The molecule has 1 aliphatic heterocycles. The van der Waals surface area contributed by atoms with Gasteiger partial charge in [-0.1, -0.05) is 13.0 Å². The molecule has 0 amide bonds. The van der Waals surface area contributed by atoms with Crippen LogP contribution in [-0.4, -0.2) is 52.8 Å². The SMILES string of the molecule is CCN1CCc2ccc(OC)c3c2C1Cc1c[nH]nc1-3.O=S(=O)(O)O. The Bertz CT molecular complexity index is 870. The van der Waals surface area contributed by atoms with Crippen LogP contribution in [0, 0.1) is 0 Å². The summed E-state index contributed by atoms with van der Waals surface area (Å²) in [6, 6.07) is 4.80. The zero-order valence-corrected chi connectivity index (χ0v) is 14.9. The second kappa shape index (κ2) is 6.75. The van der Waals surface area contributed by atoms with Crippen molar-refractivity contribution in [3.8, 4) is 17.0 Å². The Hall–Kier alpha value is -1.94. The van der Waals surface area contributed by atoms with Crippen molar-refractivity contribution < 1.29 is 22.3 Å². The summed E-state index contributed by atoms with van der Waals surface area (Å²) in [5.74, 6) is 0.944. The van der Waals surface area contributed by atoms with Crippen LogP contribution in [0.4, 0.5) is 0 Å². The number of nitrogens with zero attached hydrogens (tertiary/aromatic N) is 2. The third-order valence-electron chi connectivity index (χ3n) is 4.74. The first kappa shape index (κ1) is 17.9. The molecule has 25 heavy (non-hydrogen) atoms. The summed E-state index contributed by atoms with van der Waals surface area (Å²) in [6.45, 7) is 4.48. The maximum absolute atomic E-state index is 8.74. The van der Waals surface area contributed by atoms with Gasteiger partial charge in [0.1, 0.15) is 5.75 Å². The number of aromatic amines is 1. The summed E-state index contributed by atoms with van der Waals surface area (Å²) in [6.07, 6.45) is 4.20. The van der Waals surface area contributed by atoms with Gasteiger partial charge in [0.05, 0.1) is 12.8 Å². The number of benzene rings is 1. The van der Waals surface area contributed by atoms with Crippen LogP contribution in [-0.2, 0) is 23.2 Å². The minimum absolute atomic E-state index is 0.471.